The van der Waals surface area contributed by atoms with Crippen molar-refractivity contribution in [3.8, 4) is 17.2 Å². The molecule has 1 heterocycles. The highest BCUT2D eigenvalue weighted by molar-refractivity contribution is 7.93. The molecule has 0 atom stereocenters. The number of thiazole rings is 1. The average molecular weight is 492 g/mol. The van der Waals surface area contributed by atoms with Gasteiger partial charge in [-0.25, -0.2) is 13.4 Å². The first-order chi connectivity index (χ1) is 15.7. The number of sulfonamides is 1. The molecule has 33 heavy (non-hydrogen) atoms. The van der Waals surface area contributed by atoms with E-state index >= 15 is 0 Å². The lowest BCUT2D eigenvalue weighted by Gasteiger charge is -2.15. The van der Waals surface area contributed by atoms with Crippen molar-refractivity contribution >= 4 is 43.9 Å². The Kier molecular flexibility index (Phi) is 7.51. The maximum atomic E-state index is 12.4. The third-order valence-corrected chi connectivity index (χ3v) is 6.49. The molecule has 0 bridgehead atoms. The summed E-state index contributed by atoms with van der Waals surface area (Å²) in [6.07, 6.45) is 1.49. The summed E-state index contributed by atoms with van der Waals surface area (Å²) >= 11 is 1.16. The predicted octanol–water partition coefficient (Wildman–Crippen LogP) is 3.18. The van der Waals surface area contributed by atoms with Crippen molar-refractivity contribution in [2.75, 3.05) is 30.9 Å². The molecule has 3 rings (SSSR count). The summed E-state index contributed by atoms with van der Waals surface area (Å²) in [6.45, 7) is 1.03. The van der Waals surface area contributed by atoms with E-state index in [9.17, 15) is 18.0 Å². The Labute approximate surface area is 194 Å². The fourth-order valence-corrected chi connectivity index (χ4v) is 4.51. The molecule has 3 aromatic rings. The van der Waals surface area contributed by atoms with Gasteiger partial charge in [0.1, 0.15) is 0 Å². The normalized spacial score (nSPS) is 10.9. The average Bonchev–Trinajstić information content (AvgIpc) is 3.29. The molecule has 0 spiro atoms. The number of carbonyl (C=O) groups is 2. The largest absolute Gasteiger partial charge is 0.493 e. The number of hydrogen-bond acceptors (Lipinski definition) is 9. The number of aromatic nitrogens is 1. The Bertz CT molecular complexity index is 1220. The fourth-order valence-electron chi connectivity index (χ4n) is 2.73. The topological polar surface area (TPSA) is 133 Å². The number of rotatable bonds is 10. The maximum absolute atomic E-state index is 12.4. The summed E-state index contributed by atoms with van der Waals surface area (Å²) in [5.41, 5.74) is 0.752. The SMILES string of the molecule is COc1cc(C(C)=O)cc(OC)c1OCC(=O)Nc1ccc(S(=O)(=O)Nc2nccs2)cc1. The highest BCUT2D eigenvalue weighted by Crippen LogP contribution is 2.38. The molecule has 0 aliphatic heterocycles. The van der Waals surface area contributed by atoms with Crippen LogP contribution in [0.15, 0.2) is 52.9 Å². The Hall–Kier alpha value is -3.64. The summed E-state index contributed by atoms with van der Waals surface area (Å²) < 4.78 is 43.2. The summed E-state index contributed by atoms with van der Waals surface area (Å²) in [7, 11) is -0.976. The van der Waals surface area contributed by atoms with Crippen LogP contribution in [0.5, 0.6) is 17.2 Å². The highest BCUT2D eigenvalue weighted by Gasteiger charge is 2.18. The van der Waals surface area contributed by atoms with Gasteiger partial charge in [0.25, 0.3) is 15.9 Å². The summed E-state index contributed by atoms with van der Waals surface area (Å²) in [5, 5.41) is 4.53. The number of carbonyl (C=O) groups excluding carboxylic acids is 2. The van der Waals surface area contributed by atoms with E-state index in [4.69, 9.17) is 14.2 Å². The summed E-state index contributed by atoms with van der Waals surface area (Å²) in [4.78, 5) is 27.9. The molecular weight excluding hydrogens is 470 g/mol. The zero-order chi connectivity index (χ0) is 24.0. The van der Waals surface area contributed by atoms with Crippen LogP contribution in [0.4, 0.5) is 10.8 Å². The minimum Gasteiger partial charge on any atom is -0.493 e. The van der Waals surface area contributed by atoms with Gasteiger partial charge in [-0.15, -0.1) is 11.3 Å². The lowest BCUT2D eigenvalue weighted by atomic mass is 10.1. The van der Waals surface area contributed by atoms with Crippen molar-refractivity contribution in [2.45, 2.75) is 11.8 Å². The molecule has 0 saturated carbocycles. The van der Waals surface area contributed by atoms with Gasteiger partial charge >= 0.3 is 0 Å². The van der Waals surface area contributed by atoms with Crippen molar-refractivity contribution in [1.29, 1.82) is 0 Å². The van der Waals surface area contributed by atoms with Gasteiger partial charge in [-0.2, -0.15) is 0 Å². The maximum Gasteiger partial charge on any atom is 0.263 e. The second-order valence-electron chi connectivity index (χ2n) is 6.57. The molecule has 174 valence electrons. The number of Topliss-reactive ketones (excluding diaryl/α,β-unsaturated/α-hetero) is 1. The highest BCUT2D eigenvalue weighted by atomic mass is 32.2. The number of benzene rings is 2. The molecule has 0 aliphatic carbocycles. The number of ketones is 1. The number of hydrogen-bond donors (Lipinski definition) is 2. The van der Waals surface area contributed by atoms with E-state index in [-0.39, 0.29) is 39.7 Å². The van der Waals surface area contributed by atoms with Crippen molar-refractivity contribution < 1.29 is 32.2 Å². The van der Waals surface area contributed by atoms with Gasteiger partial charge in [0.2, 0.25) is 5.75 Å². The van der Waals surface area contributed by atoms with Crippen LogP contribution in [0.2, 0.25) is 0 Å². The molecule has 2 aromatic carbocycles. The van der Waals surface area contributed by atoms with E-state index in [0.717, 1.165) is 11.3 Å². The molecule has 12 heteroatoms. The van der Waals surface area contributed by atoms with Gasteiger partial charge in [0, 0.05) is 22.8 Å². The smallest absolute Gasteiger partial charge is 0.263 e. The van der Waals surface area contributed by atoms with Gasteiger partial charge in [0.05, 0.1) is 19.1 Å². The van der Waals surface area contributed by atoms with E-state index in [0.29, 0.717) is 11.3 Å². The molecular formula is C21H21N3O7S2. The second kappa shape index (κ2) is 10.3. The first-order valence-corrected chi connectivity index (χ1v) is 11.8. The van der Waals surface area contributed by atoms with E-state index in [1.54, 1.807) is 5.38 Å². The van der Waals surface area contributed by atoms with Crippen LogP contribution in [0.3, 0.4) is 0 Å². The van der Waals surface area contributed by atoms with Gasteiger partial charge in [-0.05, 0) is 43.3 Å². The molecule has 0 radical (unpaired) electrons. The van der Waals surface area contributed by atoms with E-state index < -0.39 is 15.9 Å². The van der Waals surface area contributed by atoms with Crippen molar-refractivity contribution in [1.82, 2.24) is 4.98 Å². The third-order valence-electron chi connectivity index (χ3n) is 4.32. The van der Waals surface area contributed by atoms with Gasteiger partial charge < -0.3 is 19.5 Å². The Balaban J connectivity index is 1.65. The predicted molar refractivity (Wildman–Crippen MR) is 123 cm³/mol. The van der Waals surface area contributed by atoms with Crippen molar-refractivity contribution in [2.24, 2.45) is 0 Å². The molecule has 2 N–H and O–H groups in total. The van der Waals surface area contributed by atoms with Crippen LogP contribution in [0.25, 0.3) is 0 Å². The molecule has 0 aliphatic rings. The van der Waals surface area contributed by atoms with E-state index in [2.05, 4.69) is 15.0 Å². The Morgan fingerprint density at radius 3 is 2.21 bits per heavy atom. The number of methoxy groups -OCH3 is 2. The van der Waals surface area contributed by atoms with Crippen LogP contribution in [-0.4, -0.2) is 45.9 Å². The summed E-state index contributed by atoms with van der Waals surface area (Å²) in [5.74, 6) is -0.00592. The number of amides is 1. The Morgan fingerprint density at radius 1 is 1.06 bits per heavy atom. The van der Waals surface area contributed by atoms with Crippen LogP contribution in [0, 0.1) is 0 Å². The molecule has 10 nitrogen and oxygen atoms in total. The molecule has 0 saturated heterocycles. The minimum absolute atomic E-state index is 0.0204. The molecule has 0 fully saturated rings. The third kappa shape index (κ3) is 5.99. The van der Waals surface area contributed by atoms with Gasteiger partial charge in [-0.1, -0.05) is 0 Å². The number of nitrogens with one attached hydrogen (secondary N) is 2. The lowest BCUT2D eigenvalue weighted by molar-refractivity contribution is -0.118. The minimum atomic E-state index is -3.79. The van der Waals surface area contributed by atoms with E-state index in [1.807, 2.05) is 0 Å². The Morgan fingerprint density at radius 2 is 1.70 bits per heavy atom. The first kappa shape index (κ1) is 24.0. The number of ether oxygens (including phenoxy) is 3. The van der Waals surface area contributed by atoms with Crippen molar-refractivity contribution in [3.63, 3.8) is 0 Å². The van der Waals surface area contributed by atoms with Crippen LogP contribution >= 0.6 is 11.3 Å². The molecule has 1 amide bonds. The fraction of sp³-hybridized carbons (Fsp3) is 0.190. The standard InChI is InChI=1S/C21H21N3O7S2/c1-13(25)14-10-17(29-2)20(18(11-14)30-3)31-12-19(26)23-15-4-6-16(7-5-15)33(27,28)24-21-22-8-9-32-21/h4-11H,12H2,1-3H3,(H,22,24)(H,23,26). The second-order valence-corrected chi connectivity index (χ2v) is 9.15. The molecule has 0 unspecified atom stereocenters. The first-order valence-electron chi connectivity index (χ1n) is 9.45. The summed E-state index contributed by atoms with van der Waals surface area (Å²) in [6, 6.07) is 8.63. The van der Waals surface area contributed by atoms with E-state index in [1.165, 1.54) is 63.7 Å². The zero-order valence-electron chi connectivity index (χ0n) is 17.9. The quantitative estimate of drug-likeness (QED) is 0.413. The monoisotopic (exact) mass is 491 g/mol. The van der Waals surface area contributed by atoms with Crippen LogP contribution in [0.1, 0.15) is 17.3 Å². The van der Waals surface area contributed by atoms with Crippen LogP contribution < -0.4 is 24.2 Å². The number of anilines is 2. The lowest BCUT2D eigenvalue weighted by Crippen LogP contribution is -2.20. The zero-order valence-corrected chi connectivity index (χ0v) is 19.6. The van der Waals surface area contributed by atoms with Crippen molar-refractivity contribution in [3.05, 3.63) is 53.5 Å². The van der Waals surface area contributed by atoms with Gasteiger partial charge in [-0.3, -0.25) is 14.3 Å². The van der Waals surface area contributed by atoms with Gasteiger partial charge in [0.15, 0.2) is 29.0 Å². The molecule has 1 aromatic heterocycles. The number of nitrogens with zero attached hydrogens (tertiary/aromatic N) is 1. The van der Waals surface area contributed by atoms with Crippen LogP contribution in [-0.2, 0) is 14.8 Å².